The van der Waals surface area contributed by atoms with Crippen LogP contribution in [0.3, 0.4) is 0 Å². The number of carbonyl (C=O) groups is 1. The van der Waals surface area contributed by atoms with Crippen LogP contribution in [0.1, 0.15) is 42.2 Å². The minimum atomic E-state index is -0.498. The van der Waals surface area contributed by atoms with Gasteiger partial charge >= 0.3 is 5.97 Å². The Hall–Kier alpha value is -3.16. The van der Waals surface area contributed by atoms with Crippen molar-refractivity contribution in [2.24, 2.45) is 0 Å². The molecule has 2 heterocycles. The van der Waals surface area contributed by atoms with Gasteiger partial charge in [0.25, 0.3) is 0 Å². The zero-order valence-corrected chi connectivity index (χ0v) is 14.4. The van der Waals surface area contributed by atoms with Crippen LogP contribution in [-0.4, -0.2) is 32.3 Å². The molecule has 0 fully saturated rings. The smallest absolute Gasteiger partial charge is 0.343 e. The van der Waals surface area contributed by atoms with Crippen molar-refractivity contribution < 1.29 is 19.0 Å². The number of rotatable bonds is 6. The molecular weight excluding hydrogens is 339 g/mol. The molecule has 1 atom stereocenters. The number of hydrogen-bond acceptors (Lipinski definition) is 6. The summed E-state index contributed by atoms with van der Waals surface area (Å²) in [5.74, 6) is -0.453. The zero-order valence-electron chi connectivity index (χ0n) is 14.4. The van der Waals surface area contributed by atoms with Gasteiger partial charge in [-0.15, -0.1) is 0 Å². The molecule has 26 heavy (non-hydrogen) atoms. The van der Waals surface area contributed by atoms with Crippen molar-refractivity contribution in [3.63, 3.8) is 0 Å². The largest absolute Gasteiger partial charge is 0.508 e. The highest BCUT2D eigenvalue weighted by Gasteiger charge is 2.18. The molecule has 0 unspecified atom stereocenters. The average Bonchev–Trinajstić information content (AvgIpc) is 3.05. The average molecular weight is 358 g/mol. The summed E-state index contributed by atoms with van der Waals surface area (Å²) in [4.78, 5) is 16.4. The number of halogens is 1. The summed E-state index contributed by atoms with van der Waals surface area (Å²) in [5, 5.41) is 17.3. The lowest BCUT2D eigenvalue weighted by molar-refractivity contribution is 0.0528. The number of aromatic hydroxyl groups is 1. The van der Waals surface area contributed by atoms with Gasteiger partial charge in [0.05, 0.1) is 18.8 Å². The predicted octanol–water partition coefficient (Wildman–Crippen LogP) is 3.31. The summed E-state index contributed by atoms with van der Waals surface area (Å²) < 4.78 is 20.0. The highest BCUT2D eigenvalue weighted by Crippen LogP contribution is 2.29. The maximum Gasteiger partial charge on any atom is 0.343 e. The van der Waals surface area contributed by atoms with Crippen molar-refractivity contribution in [2.75, 3.05) is 11.9 Å². The Morgan fingerprint density at radius 1 is 1.38 bits per heavy atom. The van der Waals surface area contributed by atoms with Crippen LogP contribution < -0.4 is 5.32 Å². The first-order valence-electron chi connectivity index (χ1n) is 8.30. The third-order valence-electron chi connectivity index (χ3n) is 3.96. The lowest BCUT2D eigenvalue weighted by Crippen LogP contribution is -2.12. The standard InChI is InChI=1S/C18H19FN4O3/c1-3-14(12-9-11(19)5-6-15(12)24)21-16-7-8-23-17(22-16)13(10-20-23)18(25)26-4-2/h5-10,14,24H,3-4H2,1-2H3,(H,21,22)/t14-/m1/s1. The normalized spacial score (nSPS) is 12.1. The molecule has 1 aromatic carbocycles. The number of nitrogens with one attached hydrogen (secondary N) is 1. The first-order valence-corrected chi connectivity index (χ1v) is 8.30. The minimum absolute atomic E-state index is 0.00314. The number of nitrogens with zero attached hydrogens (tertiary/aromatic N) is 3. The van der Waals surface area contributed by atoms with E-state index in [2.05, 4.69) is 15.4 Å². The summed E-state index contributed by atoms with van der Waals surface area (Å²) in [7, 11) is 0. The van der Waals surface area contributed by atoms with Gasteiger partial charge in [-0.2, -0.15) is 5.10 Å². The lowest BCUT2D eigenvalue weighted by Gasteiger charge is -2.19. The monoisotopic (exact) mass is 358 g/mol. The molecule has 0 bridgehead atoms. The van der Waals surface area contributed by atoms with Crippen LogP contribution in [0.5, 0.6) is 5.75 Å². The van der Waals surface area contributed by atoms with E-state index in [0.29, 0.717) is 23.4 Å². The van der Waals surface area contributed by atoms with Gasteiger partial charge in [0.2, 0.25) is 0 Å². The summed E-state index contributed by atoms with van der Waals surface area (Å²) in [6.07, 6.45) is 3.65. The number of anilines is 1. The Morgan fingerprint density at radius 3 is 2.92 bits per heavy atom. The van der Waals surface area contributed by atoms with Gasteiger partial charge in [-0.25, -0.2) is 18.7 Å². The molecule has 0 aliphatic rings. The highest BCUT2D eigenvalue weighted by molar-refractivity contribution is 5.95. The van der Waals surface area contributed by atoms with Crippen molar-refractivity contribution in [2.45, 2.75) is 26.3 Å². The molecule has 3 aromatic rings. The number of phenolic OH excluding ortho intramolecular Hbond substituents is 1. The van der Waals surface area contributed by atoms with E-state index >= 15 is 0 Å². The van der Waals surface area contributed by atoms with Gasteiger partial charge in [0.1, 0.15) is 22.9 Å². The molecule has 0 radical (unpaired) electrons. The second kappa shape index (κ2) is 7.38. The van der Waals surface area contributed by atoms with Crippen LogP contribution in [0.15, 0.2) is 36.7 Å². The van der Waals surface area contributed by atoms with Crippen molar-refractivity contribution in [1.29, 1.82) is 0 Å². The molecule has 136 valence electrons. The van der Waals surface area contributed by atoms with E-state index < -0.39 is 11.8 Å². The predicted molar refractivity (Wildman–Crippen MR) is 93.7 cm³/mol. The Bertz CT molecular complexity index is 941. The Morgan fingerprint density at radius 2 is 2.19 bits per heavy atom. The van der Waals surface area contributed by atoms with E-state index in [0.717, 1.165) is 0 Å². The summed E-state index contributed by atoms with van der Waals surface area (Å²) in [6, 6.07) is 5.15. The van der Waals surface area contributed by atoms with E-state index in [9.17, 15) is 14.3 Å². The lowest BCUT2D eigenvalue weighted by atomic mass is 10.0. The Labute approximate surface area is 149 Å². The summed E-state index contributed by atoms with van der Waals surface area (Å²) in [6.45, 7) is 3.88. The molecule has 2 aromatic heterocycles. The number of hydrogen-bond donors (Lipinski definition) is 2. The van der Waals surface area contributed by atoms with Crippen LogP contribution in [-0.2, 0) is 4.74 Å². The molecule has 3 rings (SSSR count). The van der Waals surface area contributed by atoms with Crippen molar-refractivity contribution in [3.05, 3.63) is 53.6 Å². The van der Waals surface area contributed by atoms with E-state index in [1.54, 1.807) is 19.2 Å². The van der Waals surface area contributed by atoms with Crippen molar-refractivity contribution in [3.8, 4) is 5.75 Å². The third-order valence-corrected chi connectivity index (χ3v) is 3.96. The van der Waals surface area contributed by atoms with Crippen LogP contribution in [0.25, 0.3) is 5.65 Å². The maximum atomic E-state index is 13.5. The summed E-state index contributed by atoms with van der Waals surface area (Å²) in [5.41, 5.74) is 1.05. The number of benzene rings is 1. The summed E-state index contributed by atoms with van der Waals surface area (Å²) >= 11 is 0. The number of phenols is 1. The topological polar surface area (TPSA) is 88.8 Å². The van der Waals surface area contributed by atoms with Gasteiger partial charge < -0.3 is 15.2 Å². The van der Waals surface area contributed by atoms with E-state index in [1.165, 1.54) is 28.9 Å². The maximum absolute atomic E-state index is 13.5. The highest BCUT2D eigenvalue weighted by atomic mass is 19.1. The molecule has 8 heteroatoms. The van der Waals surface area contributed by atoms with E-state index in [4.69, 9.17) is 4.74 Å². The fourth-order valence-corrected chi connectivity index (χ4v) is 2.68. The fourth-order valence-electron chi connectivity index (χ4n) is 2.68. The van der Waals surface area contributed by atoms with Gasteiger partial charge in [0.15, 0.2) is 5.65 Å². The van der Waals surface area contributed by atoms with Gasteiger partial charge in [-0.3, -0.25) is 0 Å². The van der Waals surface area contributed by atoms with Gasteiger partial charge in [-0.05, 0) is 37.6 Å². The number of fused-ring (bicyclic) bond motifs is 1. The minimum Gasteiger partial charge on any atom is -0.508 e. The second-order valence-corrected chi connectivity index (χ2v) is 5.67. The first-order chi connectivity index (χ1) is 12.5. The molecular formula is C18H19FN4O3. The zero-order chi connectivity index (χ0) is 18.7. The molecule has 0 saturated heterocycles. The number of carbonyl (C=O) groups excluding carboxylic acids is 1. The molecule has 0 aliphatic heterocycles. The number of aromatic nitrogens is 3. The van der Waals surface area contributed by atoms with E-state index in [1.807, 2.05) is 6.92 Å². The molecule has 0 aliphatic carbocycles. The van der Waals surface area contributed by atoms with Gasteiger partial charge in [0, 0.05) is 11.8 Å². The Kier molecular flexibility index (Phi) is 5.01. The number of ether oxygens (including phenoxy) is 1. The molecule has 7 nitrogen and oxygen atoms in total. The SMILES string of the molecule is CCOC(=O)c1cnn2ccc(N[C@H](CC)c3cc(F)ccc3O)nc12. The third kappa shape index (κ3) is 3.44. The fraction of sp³-hybridized carbons (Fsp3) is 0.278. The molecule has 0 spiro atoms. The van der Waals surface area contributed by atoms with Crippen LogP contribution in [0.2, 0.25) is 0 Å². The van der Waals surface area contributed by atoms with Gasteiger partial charge in [-0.1, -0.05) is 6.92 Å². The number of esters is 1. The van der Waals surface area contributed by atoms with Crippen LogP contribution >= 0.6 is 0 Å². The molecule has 0 saturated carbocycles. The second-order valence-electron chi connectivity index (χ2n) is 5.67. The van der Waals surface area contributed by atoms with Crippen molar-refractivity contribution in [1.82, 2.24) is 14.6 Å². The van der Waals surface area contributed by atoms with Crippen LogP contribution in [0.4, 0.5) is 10.2 Å². The quantitative estimate of drug-likeness (QED) is 0.657. The molecule has 2 N–H and O–H groups in total. The van der Waals surface area contributed by atoms with E-state index in [-0.39, 0.29) is 24.0 Å². The van der Waals surface area contributed by atoms with Crippen molar-refractivity contribution >= 4 is 17.4 Å². The first kappa shape index (κ1) is 17.7. The Balaban J connectivity index is 1.93. The van der Waals surface area contributed by atoms with Crippen LogP contribution in [0, 0.1) is 5.82 Å². The molecule has 0 amide bonds.